The summed E-state index contributed by atoms with van der Waals surface area (Å²) in [5.41, 5.74) is 16.0. The zero-order chi connectivity index (χ0) is 57.9. The molecule has 19 aromatic rings. The minimum atomic E-state index is 0.412. The van der Waals surface area contributed by atoms with Crippen LogP contribution in [0, 0.1) is 22.7 Å². The molecule has 88 heavy (non-hydrogen) atoms. The molecule has 0 bridgehead atoms. The van der Waals surface area contributed by atoms with Gasteiger partial charge in [0.05, 0.1) is 82.6 Å². The summed E-state index contributed by atoms with van der Waals surface area (Å²) < 4.78 is 13.9. The maximum Gasteiger partial charge on any atom is 0.104 e. The second-order valence-corrected chi connectivity index (χ2v) is 23.9. The van der Waals surface area contributed by atoms with Gasteiger partial charge in [0, 0.05) is 75.0 Å². The van der Waals surface area contributed by atoms with Crippen molar-refractivity contribution in [2.45, 2.75) is 0 Å². The Labute approximate surface area is 506 Å². The van der Waals surface area contributed by atoms with E-state index in [-0.39, 0.29) is 0 Å². The van der Waals surface area contributed by atoms with Crippen molar-refractivity contribution in [2.24, 2.45) is 0 Å². The minimum Gasteiger partial charge on any atom is -0.309 e. The number of fused-ring (bicyclic) bond motifs is 19. The zero-order valence-electron chi connectivity index (χ0n) is 47.0. The lowest BCUT2D eigenvalue weighted by atomic mass is 9.97. The molecule has 8 heteroatoms. The van der Waals surface area contributed by atoms with E-state index in [1.54, 1.807) is 11.3 Å². The topological polar surface area (TPSA) is 72.2 Å². The van der Waals surface area contributed by atoms with Gasteiger partial charge in [0.1, 0.15) is 23.3 Å². The predicted molar refractivity (Wildman–Crippen MR) is 366 cm³/mol. The van der Waals surface area contributed by atoms with Gasteiger partial charge in [-0.25, -0.2) is 0 Å². The van der Waals surface area contributed by atoms with Crippen molar-refractivity contribution in [3.63, 3.8) is 0 Å². The van der Waals surface area contributed by atoms with E-state index in [4.69, 9.17) is 0 Å². The van der Waals surface area contributed by atoms with Crippen molar-refractivity contribution in [1.82, 2.24) is 22.8 Å². The van der Waals surface area contributed by atoms with Crippen LogP contribution in [0.4, 0.5) is 0 Å². The molecule has 406 valence electrons. The fourth-order valence-corrected chi connectivity index (χ4v) is 16.3. The number of hydrogen-bond acceptors (Lipinski definition) is 3. The van der Waals surface area contributed by atoms with Crippen LogP contribution >= 0.6 is 11.3 Å². The molecular formula is C80H45N7S. The smallest absolute Gasteiger partial charge is 0.104 e. The molecule has 0 spiro atoms. The van der Waals surface area contributed by atoms with Crippen LogP contribution in [0.5, 0.6) is 0 Å². The summed E-state index contributed by atoms with van der Waals surface area (Å²) in [7, 11) is 0. The molecule has 7 nitrogen and oxygen atoms in total. The van der Waals surface area contributed by atoms with Crippen LogP contribution in [0.1, 0.15) is 11.1 Å². The molecule has 0 radical (unpaired) electrons. The highest BCUT2D eigenvalue weighted by Gasteiger charge is 2.35. The Morgan fingerprint density at radius 2 is 0.648 bits per heavy atom. The second-order valence-electron chi connectivity index (χ2n) is 22.9. The number of para-hydroxylation sites is 8. The summed E-state index contributed by atoms with van der Waals surface area (Å²) in [5.74, 6) is 0. The molecule has 0 fully saturated rings. The number of benzene rings is 13. The minimum absolute atomic E-state index is 0.412. The lowest BCUT2D eigenvalue weighted by Crippen LogP contribution is -2.16. The molecule has 6 heterocycles. The van der Waals surface area contributed by atoms with E-state index in [1.165, 1.54) is 0 Å². The van der Waals surface area contributed by atoms with E-state index < -0.39 is 0 Å². The zero-order valence-corrected chi connectivity index (χ0v) is 47.8. The van der Waals surface area contributed by atoms with E-state index in [0.29, 0.717) is 33.9 Å². The molecule has 0 unspecified atom stereocenters. The van der Waals surface area contributed by atoms with Gasteiger partial charge in [-0.15, -0.1) is 11.3 Å². The summed E-state index contributed by atoms with van der Waals surface area (Å²) in [6.45, 7) is 0. The molecule has 0 saturated carbocycles. The molecular weight excluding hydrogens is 1090 g/mol. The van der Waals surface area contributed by atoms with Crippen LogP contribution < -0.4 is 0 Å². The number of thiophene rings is 1. The standard InChI is InChI=1S/C80H45N7S/c81-46-62-75(84-64-32-12-4-23-51(64)52-24-5-13-33-65(52)84)76(85-66-34-14-6-25-53(66)54-26-7-15-35-67(54)85)63(47-82)78(77(62)86-68-36-16-8-27-55(68)56-28-9-17-37-69(56)86)87-72-45-48(41-42-57(72)59-43-44-60-58-29-11-19-40-73(58)88-80(60)79(59)87)50-31-20-39-71-74(50)61-30-10-18-38-70(61)83(71)49-21-2-1-3-22-49/h1-45H. The van der Waals surface area contributed by atoms with Crippen LogP contribution in [0.25, 0.3) is 169 Å². The molecule has 0 amide bonds. The Bertz CT molecular complexity index is 6180. The summed E-state index contributed by atoms with van der Waals surface area (Å²) in [6.07, 6.45) is 0. The summed E-state index contributed by atoms with van der Waals surface area (Å²) in [4.78, 5) is 0. The first-order valence-electron chi connectivity index (χ1n) is 29.6. The summed E-state index contributed by atoms with van der Waals surface area (Å²) in [6, 6.07) is 103. The third kappa shape index (κ3) is 6.42. The van der Waals surface area contributed by atoms with Crippen LogP contribution in [-0.4, -0.2) is 22.8 Å². The quantitative estimate of drug-likeness (QED) is 0.166. The molecule has 0 N–H and O–H groups in total. The van der Waals surface area contributed by atoms with Crippen molar-refractivity contribution in [3.8, 4) is 51.7 Å². The monoisotopic (exact) mass is 1140 g/mol. The van der Waals surface area contributed by atoms with Gasteiger partial charge in [0.25, 0.3) is 0 Å². The highest BCUT2D eigenvalue weighted by Crippen LogP contribution is 2.51. The molecule has 0 aliphatic carbocycles. The third-order valence-electron chi connectivity index (χ3n) is 18.6. The Kier molecular flexibility index (Phi) is 10.1. The highest BCUT2D eigenvalue weighted by molar-refractivity contribution is 7.26. The van der Waals surface area contributed by atoms with E-state index in [2.05, 4.69) is 308 Å². The van der Waals surface area contributed by atoms with Crippen molar-refractivity contribution < 1.29 is 0 Å². The van der Waals surface area contributed by atoms with Gasteiger partial charge in [-0.2, -0.15) is 10.5 Å². The van der Waals surface area contributed by atoms with Crippen molar-refractivity contribution >= 4 is 141 Å². The number of aromatic nitrogens is 5. The van der Waals surface area contributed by atoms with Crippen LogP contribution in [-0.2, 0) is 0 Å². The lowest BCUT2D eigenvalue weighted by molar-refractivity contribution is 1.03. The van der Waals surface area contributed by atoms with Crippen molar-refractivity contribution in [1.29, 1.82) is 10.5 Å². The molecule has 6 aromatic heterocycles. The van der Waals surface area contributed by atoms with Crippen molar-refractivity contribution in [2.75, 3.05) is 0 Å². The van der Waals surface area contributed by atoms with Crippen LogP contribution in [0.2, 0.25) is 0 Å². The van der Waals surface area contributed by atoms with E-state index in [9.17, 15) is 10.5 Å². The van der Waals surface area contributed by atoms with Crippen molar-refractivity contribution in [3.05, 3.63) is 284 Å². The van der Waals surface area contributed by atoms with E-state index in [0.717, 1.165) is 146 Å². The summed E-state index contributed by atoms with van der Waals surface area (Å²) >= 11 is 1.77. The van der Waals surface area contributed by atoms with Gasteiger partial charge in [-0.1, -0.05) is 200 Å². The number of nitrogens with zero attached hydrogens (tertiary/aromatic N) is 7. The lowest BCUT2D eigenvalue weighted by Gasteiger charge is -2.27. The fraction of sp³-hybridized carbons (Fsp3) is 0. The normalized spacial score (nSPS) is 12.1. The molecule has 0 aliphatic rings. The number of rotatable bonds is 6. The maximum atomic E-state index is 13.1. The van der Waals surface area contributed by atoms with E-state index in [1.807, 2.05) is 0 Å². The second kappa shape index (κ2) is 18.3. The highest BCUT2D eigenvalue weighted by atomic mass is 32.1. The molecule has 0 saturated heterocycles. The number of hydrogen-bond donors (Lipinski definition) is 0. The number of nitriles is 2. The van der Waals surface area contributed by atoms with Gasteiger partial charge in [0.15, 0.2) is 0 Å². The predicted octanol–water partition coefficient (Wildman–Crippen LogP) is 21.0. The largest absolute Gasteiger partial charge is 0.309 e. The van der Waals surface area contributed by atoms with Gasteiger partial charge in [0.2, 0.25) is 0 Å². The molecule has 0 atom stereocenters. The Balaban J connectivity index is 1.08. The Hall–Kier alpha value is -11.9. The first kappa shape index (κ1) is 48.4. The first-order valence-corrected chi connectivity index (χ1v) is 30.4. The molecule has 19 rings (SSSR count). The van der Waals surface area contributed by atoms with Crippen LogP contribution in [0.15, 0.2) is 273 Å². The molecule has 0 aliphatic heterocycles. The maximum absolute atomic E-state index is 13.1. The Morgan fingerprint density at radius 1 is 0.273 bits per heavy atom. The van der Waals surface area contributed by atoms with Crippen LogP contribution in [0.3, 0.4) is 0 Å². The van der Waals surface area contributed by atoms with Gasteiger partial charge in [-0.05, 0) is 83.9 Å². The third-order valence-corrected chi connectivity index (χ3v) is 19.7. The molecule has 13 aromatic carbocycles. The first-order chi connectivity index (χ1) is 43.7. The van der Waals surface area contributed by atoms with Gasteiger partial charge in [-0.3, -0.25) is 0 Å². The van der Waals surface area contributed by atoms with Gasteiger partial charge >= 0.3 is 0 Å². The fourth-order valence-electron chi connectivity index (χ4n) is 15.1. The summed E-state index contributed by atoms with van der Waals surface area (Å²) in [5, 5.41) is 39.0. The SMILES string of the molecule is N#Cc1c(-n2c3ccccc3c3ccccc32)c(-n2c3ccccc3c3ccccc32)c(C#N)c(-n2c3cc(-c4cccc5c4c4ccccc4n5-c4ccccc4)ccc3c3ccc4c5ccccc5sc4c32)c1-n1c2ccccc2c2ccccc21. The average molecular weight is 1140 g/mol. The average Bonchev–Trinajstić information content (AvgIpc) is 1.46. The Morgan fingerprint density at radius 3 is 1.14 bits per heavy atom. The van der Waals surface area contributed by atoms with Gasteiger partial charge < -0.3 is 22.8 Å². The van der Waals surface area contributed by atoms with E-state index >= 15 is 0 Å².